The van der Waals surface area contributed by atoms with Crippen molar-refractivity contribution in [2.24, 2.45) is 5.92 Å². The summed E-state index contributed by atoms with van der Waals surface area (Å²) in [6.45, 7) is 7.03. The van der Waals surface area contributed by atoms with E-state index in [0.717, 1.165) is 18.1 Å². The van der Waals surface area contributed by atoms with Crippen molar-refractivity contribution in [3.63, 3.8) is 0 Å². The first kappa shape index (κ1) is 11.7. The molecule has 16 heavy (non-hydrogen) atoms. The van der Waals surface area contributed by atoms with Gasteiger partial charge in [-0.25, -0.2) is 0 Å². The summed E-state index contributed by atoms with van der Waals surface area (Å²) in [6, 6.07) is 2.06. The highest BCUT2D eigenvalue weighted by molar-refractivity contribution is 5.20. The third-order valence-electron chi connectivity index (χ3n) is 3.63. The van der Waals surface area contributed by atoms with Crippen molar-refractivity contribution in [1.29, 1.82) is 0 Å². The number of aryl methyl sites for hydroxylation is 2. The minimum atomic E-state index is -0.127. The fourth-order valence-electron chi connectivity index (χ4n) is 2.21. The van der Waals surface area contributed by atoms with E-state index in [1.165, 1.54) is 18.4 Å². The first-order valence-corrected chi connectivity index (χ1v) is 5.97. The molecule has 3 nitrogen and oxygen atoms in total. The molecular weight excluding hydrogens is 202 g/mol. The van der Waals surface area contributed by atoms with Gasteiger partial charge in [-0.1, -0.05) is 0 Å². The first-order valence-electron chi connectivity index (χ1n) is 5.97. The molecule has 2 N–H and O–H groups in total. The third-order valence-corrected chi connectivity index (χ3v) is 3.63. The standard InChI is InChI=1S/C13H21NO2/c1-9-6-11(10(2)16-9)7-14-13(3,8-15)12-4-5-12/h6,12,14-15H,4-5,7-8H2,1-3H3. The Labute approximate surface area is 96.8 Å². The van der Waals surface area contributed by atoms with Crippen LogP contribution >= 0.6 is 0 Å². The molecule has 0 amide bonds. The predicted molar refractivity (Wildman–Crippen MR) is 63.2 cm³/mol. The molecule has 1 aliphatic carbocycles. The highest BCUT2D eigenvalue weighted by atomic mass is 16.3. The Morgan fingerprint density at radius 1 is 1.50 bits per heavy atom. The number of rotatable bonds is 5. The molecule has 90 valence electrons. The van der Waals surface area contributed by atoms with Crippen LogP contribution in [0.5, 0.6) is 0 Å². The van der Waals surface area contributed by atoms with Gasteiger partial charge in [0.15, 0.2) is 0 Å². The lowest BCUT2D eigenvalue weighted by atomic mass is 9.96. The lowest BCUT2D eigenvalue weighted by Gasteiger charge is -2.28. The van der Waals surface area contributed by atoms with Crippen molar-refractivity contribution in [2.75, 3.05) is 6.61 Å². The molecule has 0 aromatic carbocycles. The molecule has 1 aromatic rings. The molecule has 1 aromatic heterocycles. The van der Waals surface area contributed by atoms with Crippen LogP contribution in [0.1, 0.15) is 36.8 Å². The van der Waals surface area contributed by atoms with Gasteiger partial charge >= 0.3 is 0 Å². The Morgan fingerprint density at radius 2 is 2.19 bits per heavy atom. The average molecular weight is 223 g/mol. The molecule has 3 heteroatoms. The van der Waals surface area contributed by atoms with Crippen molar-refractivity contribution >= 4 is 0 Å². The smallest absolute Gasteiger partial charge is 0.105 e. The quantitative estimate of drug-likeness (QED) is 0.804. The lowest BCUT2D eigenvalue weighted by molar-refractivity contribution is 0.153. The van der Waals surface area contributed by atoms with Crippen molar-refractivity contribution in [1.82, 2.24) is 5.32 Å². The molecule has 0 radical (unpaired) electrons. The van der Waals surface area contributed by atoms with E-state index in [4.69, 9.17) is 4.42 Å². The van der Waals surface area contributed by atoms with E-state index in [-0.39, 0.29) is 12.1 Å². The highest BCUT2D eigenvalue weighted by Gasteiger charge is 2.40. The van der Waals surface area contributed by atoms with E-state index in [9.17, 15) is 5.11 Å². The SMILES string of the molecule is Cc1cc(CNC(C)(CO)C2CC2)c(C)o1. The van der Waals surface area contributed by atoms with Crippen molar-refractivity contribution in [2.45, 2.75) is 45.7 Å². The first-order chi connectivity index (χ1) is 7.55. The van der Waals surface area contributed by atoms with Crippen LogP contribution in [-0.2, 0) is 6.54 Å². The molecule has 1 heterocycles. The number of aliphatic hydroxyl groups excluding tert-OH is 1. The molecule has 0 bridgehead atoms. The summed E-state index contributed by atoms with van der Waals surface area (Å²) in [5, 5.41) is 12.9. The number of nitrogens with one attached hydrogen (secondary N) is 1. The summed E-state index contributed by atoms with van der Waals surface area (Å²) in [7, 11) is 0. The van der Waals surface area contributed by atoms with E-state index in [1.807, 2.05) is 13.8 Å². The van der Waals surface area contributed by atoms with Crippen LogP contribution in [-0.4, -0.2) is 17.3 Å². The van der Waals surface area contributed by atoms with Crippen LogP contribution in [0.4, 0.5) is 0 Å². The molecule has 1 fully saturated rings. The van der Waals surface area contributed by atoms with Gasteiger partial charge in [0.05, 0.1) is 6.61 Å². The van der Waals surface area contributed by atoms with E-state index < -0.39 is 0 Å². The van der Waals surface area contributed by atoms with E-state index in [0.29, 0.717) is 5.92 Å². The Hall–Kier alpha value is -0.800. The lowest BCUT2D eigenvalue weighted by Crippen LogP contribution is -2.47. The van der Waals surface area contributed by atoms with Crippen LogP contribution in [0, 0.1) is 19.8 Å². The van der Waals surface area contributed by atoms with Gasteiger partial charge in [0.2, 0.25) is 0 Å². The van der Waals surface area contributed by atoms with Gasteiger partial charge in [0, 0.05) is 17.6 Å². The van der Waals surface area contributed by atoms with Gasteiger partial charge in [0.25, 0.3) is 0 Å². The summed E-state index contributed by atoms with van der Waals surface area (Å²) in [4.78, 5) is 0. The normalized spacial score (nSPS) is 19.8. The Morgan fingerprint density at radius 3 is 2.62 bits per heavy atom. The second kappa shape index (κ2) is 4.22. The average Bonchev–Trinajstić information content (AvgIpc) is 3.03. The summed E-state index contributed by atoms with van der Waals surface area (Å²) in [6.07, 6.45) is 2.46. The predicted octanol–water partition coefficient (Wildman–Crippen LogP) is 2.15. The maximum atomic E-state index is 9.46. The topological polar surface area (TPSA) is 45.4 Å². The molecular formula is C13H21NO2. The summed E-state index contributed by atoms with van der Waals surface area (Å²) in [5.41, 5.74) is 1.07. The Kier molecular flexibility index (Phi) is 3.08. The Bertz CT molecular complexity index is 368. The number of aliphatic hydroxyl groups is 1. The number of hydrogen-bond donors (Lipinski definition) is 2. The number of hydrogen-bond acceptors (Lipinski definition) is 3. The van der Waals surface area contributed by atoms with Crippen molar-refractivity contribution in [3.8, 4) is 0 Å². The maximum Gasteiger partial charge on any atom is 0.105 e. The van der Waals surface area contributed by atoms with E-state index in [2.05, 4.69) is 18.3 Å². The second-order valence-corrected chi connectivity index (χ2v) is 5.14. The van der Waals surface area contributed by atoms with Crippen LogP contribution in [0.15, 0.2) is 10.5 Å². The molecule has 1 unspecified atom stereocenters. The molecule has 2 rings (SSSR count). The molecule has 1 saturated carbocycles. The van der Waals surface area contributed by atoms with E-state index in [1.54, 1.807) is 0 Å². The van der Waals surface area contributed by atoms with Crippen LogP contribution in [0.25, 0.3) is 0 Å². The summed E-state index contributed by atoms with van der Waals surface area (Å²) < 4.78 is 5.49. The van der Waals surface area contributed by atoms with Crippen LogP contribution in [0.3, 0.4) is 0 Å². The van der Waals surface area contributed by atoms with Gasteiger partial charge in [0.1, 0.15) is 11.5 Å². The fraction of sp³-hybridized carbons (Fsp3) is 0.692. The van der Waals surface area contributed by atoms with Gasteiger partial charge in [-0.3, -0.25) is 0 Å². The minimum absolute atomic E-state index is 0.127. The van der Waals surface area contributed by atoms with Gasteiger partial charge < -0.3 is 14.8 Å². The van der Waals surface area contributed by atoms with Gasteiger partial charge in [-0.2, -0.15) is 0 Å². The van der Waals surface area contributed by atoms with Gasteiger partial charge in [-0.05, 0) is 45.6 Å². The van der Waals surface area contributed by atoms with Gasteiger partial charge in [-0.15, -0.1) is 0 Å². The maximum absolute atomic E-state index is 9.46. The minimum Gasteiger partial charge on any atom is -0.466 e. The summed E-state index contributed by atoms with van der Waals surface area (Å²) in [5.74, 6) is 2.55. The molecule has 1 atom stereocenters. The fourth-order valence-corrected chi connectivity index (χ4v) is 2.21. The van der Waals surface area contributed by atoms with Crippen molar-refractivity contribution in [3.05, 3.63) is 23.2 Å². The van der Waals surface area contributed by atoms with Crippen LogP contribution in [0.2, 0.25) is 0 Å². The zero-order chi connectivity index (χ0) is 11.8. The summed E-state index contributed by atoms with van der Waals surface area (Å²) >= 11 is 0. The zero-order valence-electron chi connectivity index (χ0n) is 10.3. The Balaban J connectivity index is 1.98. The second-order valence-electron chi connectivity index (χ2n) is 5.14. The molecule has 1 aliphatic rings. The highest BCUT2D eigenvalue weighted by Crippen LogP contribution is 2.39. The number of furan rings is 1. The molecule has 0 aliphatic heterocycles. The van der Waals surface area contributed by atoms with Crippen LogP contribution < -0.4 is 5.32 Å². The van der Waals surface area contributed by atoms with Crippen molar-refractivity contribution < 1.29 is 9.52 Å². The largest absolute Gasteiger partial charge is 0.466 e. The monoisotopic (exact) mass is 223 g/mol. The molecule has 0 saturated heterocycles. The van der Waals surface area contributed by atoms with E-state index >= 15 is 0 Å². The molecule has 0 spiro atoms. The third kappa shape index (κ3) is 2.30. The zero-order valence-corrected chi connectivity index (χ0v) is 10.3.